The fourth-order valence-corrected chi connectivity index (χ4v) is 3.71. The molecule has 7 heteroatoms. The number of sulfonamides is 1. The molecule has 6 nitrogen and oxygen atoms in total. The summed E-state index contributed by atoms with van der Waals surface area (Å²) in [6, 6.07) is 0. The number of hydrogen-bond donors (Lipinski definition) is 1. The van der Waals surface area contributed by atoms with E-state index in [4.69, 9.17) is 9.84 Å². The number of ether oxygens (including phenoxy) is 1. The van der Waals surface area contributed by atoms with Crippen LogP contribution in [0.25, 0.3) is 0 Å². The van der Waals surface area contributed by atoms with Crippen LogP contribution < -0.4 is 0 Å². The van der Waals surface area contributed by atoms with Crippen molar-refractivity contribution in [3.05, 3.63) is 0 Å². The lowest BCUT2D eigenvalue weighted by Gasteiger charge is -2.31. The Balaban J connectivity index is 2.46. The zero-order chi connectivity index (χ0) is 14.3. The van der Waals surface area contributed by atoms with E-state index in [1.807, 2.05) is 6.92 Å². The van der Waals surface area contributed by atoms with Crippen LogP contribution in [0.5, 0.6) is 0 Å². The number of aliphatic carboxylic acids is 1. The molecule has 1 saturated heterocycles. The Labute approximate surface area is 114 Å². The largest absolute Gasteiger partial charge is 0.481 e. The van der Waals surface area contributed by atoms with E-state index in [9.17, 15) is 13.2 Å². The lowest BCUT2D eigenvalue weighted by Crippen LogP contribution is -2.41. The van der Waals surface area contributed by atoms with E-state index in [1.54, 1.807) is 0 Å². The van der Waals surface area contributed by atoms with Gasteiger partial charge in [-0.2, -0.15) is 0 Å². The van der Waals surface area contributed by atoms with Gasteiger partial charge in [0.05, 0.1) is 12.4 Å². The van der Waals surface area contributed by atoms with Gasteiger partial charge in [-0.1, -0.05) is 0 Å². The van der Waals surface area contributed by atoms with Gasteiger partial charge in [-0.3, -0.25) is 4.79 Å². The van der Waals surface area contributed by atoms with Crippen molar-refractivity contribution in [1.29, 1.82) is 0 Å². The second-order valence-corrected chi connectivity index (χ2v) is 6.90. The Bertz CT molecular complexity index is 382. The van der Waals surface area contributed by atoms with Crippen molar-refractivity contribution in [3.8, 4) is 0 Å². The Kier molecular flexibility index (Phi) is 6.74. The van der Waals surface area contributed by atoms with Crippen molar-refractivity contribution in [3.63, 3.8) is 0 Å². The van der Waals surface area contributed by atoms with Crippen molar-refractivity contribution >= 4 is 16.0 Å². The van der Waals surface area contributed by atoms with Gasteiger partial charge in [-0.05, 0) is 32.1 Å². The molecule has 112 valence electrons. The van der Waals surface area contributed by atoms with E-state index < -0.39 is 16.0 Å². The summed E-state index contributed by atoms with van der Waals surface area (Å²) in [5.74, 6) is -0.657. The number of carboxylic acids is 1. The molecule has 0 aromatic rings. The van der Waals surface area contributed by atoms with Gasteiger partial charge in [0.2, 0.25) is 10.0 Å². The van der Waals surface area contributed by atoms with Gasteiger partial charge in [0.15, 0.2) is 0 Å². The average molecular weight is 293 g/mol. The van der Waals surface area contributed by atoms with E-state index >= 15 is 0 Å². The molecular formula is C12H23NO5S. The molecule has 0 aromatic heterocycles. The van der Waals surface area contributed by atoms with Gasteiger partial charge in [0.25, 0.3) is 0 Å². The molecule has 0 saturated carbocycles. The monoisotopic (exact) mass is 293 g/mol. The summed E-state index contributed by atoms with van der Waals surface area (Å²) >= 11 is 0. The quantitative estimate of drug-likeness (QED) is 0.673. The van der Waals surface area contributed by atoms with E-state index in [0.717, 1.165) is 12.8 Å². The van der Waals surface area contributed by atoms with Gasteiger partial charge >= 0.3 is 5.97 Å². The molecule has 0 aliphatic carbocycles. The highest BCUT2D eigenvalue weighted by atomic mass is 32.2. The minimum atomic E-state index is -3.27. The predicted octanol–water partition coefficient (Wildman–Crippen LogP) is 0.929. The maximum absolute atomic E-state index is 12.1. The first-order valence-electron chi connectivity index (χ1n) is 6.73. The van der Waals surface area contributed by atoms with Crippen molar-refractivity contribution in [2.45, 2.75) is 32.6 Å². The van der Waals surface area contributed by atoms with Crippen LogP contribution in [-0.4, -0.2) is 55.9 Å². The SMILES string of the molecule is CCOCCS(=O)(=O)N1CCCC(CCC(=O)O)C1. The Hall–Kier alpha value is -0.660. The Morgan fingerprint density at radius 3 is 2.84 bits per heavy atom. The fraction of sp³-hybridized carbons (Fsp3) is 0.917. The first kappa shape index (κ1) is 16.4. The topological polar surface area (TPSA) is 83.9 Å². The molecule has 0 spiro atoms. The smallest absolute Gasteiger partial charge is 0.303 e. The van der Waals surface area contributed by atoms with Gasteiger partial charge < -0.3 is 9.84 Å². The van der Waals surface area contributed by atoms with E-state index in [-0.39, 0.29) is 24.7 Å². The third-order valence-electron chi connectivity index (χ3n) is 3.33. The van der Waals surface area contributed by atoms with Crippen LogP contribution >= 0.6 is 0 Å². The Morgan fingerprint density at radius 2 is 2.21 bits per heavy atom. The zero-order valence-corrected chi connectivity index (χ0v) is 12.2. The van der Waals surface area contributed by atoms with Gasteiger partial charge in [-0.15, -0.1) is 0 Å². The minimum Gasteiger partial charge on any atom is -0.481 e. The molecule has 1 aliphatic heterocycles. The first-order chi connectivity index (χ1) is 8.95. The number of carbonyl (C=O) groups is 1. The molecule has 0 amide bonds. The van der Waals surface area contributed by atoms with E-state index in [1.165, 1.54) is 4.31 Å². The second kappa shape index (κ2) is 7.81. The molecule has 1 atom stereocenters. The van der Waals surface area contributed by atoms with E-state index in [2.05, 4.69) is 0 Å². The number of hydrogen-bond acceptors (Lipinski definition) is 4. The molecule has 1 N–H and O–H groups in total. The molecule has 0 aromatic carbocycles. The number of nitrogens with zero attached hydrogens (tertiary/aromatic N) is 1. The summed E-state index contributed by atoms with van der Waals surface area (Å²) in [6.45, 7) is 3.54. The molecule has 1 aliphatic rings. The number of rotatable bonds is 8. The van der Waals surface area contributed by atoms with Crippen molar-refractivity contribution < 1.29 is 23.1 Å². The lowest BCUT2D eigenvalue weighted by molar-refractivity contribution is -0.137. The summed E-state index contributed by atoms with van der Waals surface area (Å²) in [7, 11) is -3.27. The Morgan fingerprint density at radius 1 is 1.47 bits per heavy atom. The van der Waals surface area contributed by atoms with Gasteiger partial charge in [0.1, 0.15) is 0 Å². The summed E-state index contributed by atoms with van der Waals surface area (Å²) in [5, 5.41) is 8.66. The van der Waals surface area contributed by atoms with Crippen LogP contribution in [0.4, 0.5) is 0 Å². The van der Waals surface area contributed by atoms with Crippen molar-refractivity contribution in [1.82, 2.24) is 4.31 Å². The molecule has 19 heavy (non-hydrogen) atoms. The van der Waals surface area contributed by atoms with Crippen LogP contribution in [0.15, 0.2) is 0 Å². The number of carboxylic acid groups (broad SMARTS) is 1. The predicted molar refractivity (Wildman–Crippen MR) is 71.4 cm³/mol. The normalized spacial score (nSPS) is 21.4. The van der Waals surface area contributed by atoms with Crippen LogP contribution in [-0.2, 0) is 19.6 Å². The van der Waals surface area contributed by atoms with Crippen LogP contribution in [0.2, 0.25) is 0 Å². The zero-order valence-electron chi connectivity index (χ0n) is 11.4. The number of piperidine rings is 1. The van der Waals surface area contributed by atoms with Gasteiger partial charge in [0, 0.05) is 26.1 Å². The summed E-state index contributed by atoms with van der Waals surface area (Å²) in [6.07, 6.45) is 2.37. The molecule has 1 unspecified atom stereocenters. The highest BCUT2D eigenvalue weighted by Crippen LogP contribution is 2.23. The highest BCUT2D eigenvalue weighted by molar-refractivity contribution is 7.89. The molecule has 1 fully saturated rings. The van der Waals surface area contributed by atoms with Gasteiger partial charge in [-0.25, -0.2) is 12.7 Å². The standard InChI is InChI=1S/C12H23NO5S/c1-2-18-8-9-19(16,17)13-7-3-4-11(10-13)5-6-12(14)15/h11H,2-10H2,1H3,(H,14,15). The molecule has 1 rings (SSSR count). The first-order valence-corrected chi connectivity index (χ1v) is 8.34. The van der Waals surface area contributed by atoms with Crippen LogP contribution in [0.1, 0.15) is 32.6 Å². The van der Waals surface area contributed by atoms with E-state index in [0.29, 0.717) is 26.1 Å². The summed E-state index contributed by atoms with van der Waals surface area (Å²) in [5.41, 5.74) is 0. The van der Waals surface area contributed by atoms with Crippen molar-refractivity contribution in [2.24, 2.45) is 5.92 Å². The summed E-state index contributed by atoms with van der Waals surface area (Å²) < 4.78 is 30.7. The molecule has 1 heterocycles. The van der Waals surface area contributed by atoms with Crippen molar-refractivity contribution in [2.75, 3.05) is 32.1 Å². The minimum absolute atomic E-state index is 0.00644. The fourth-order valence-electron chi connectivity index (χ4n) is 2.28. The average Bonchev–Trinajstić information content (AvgIpc) is 2.37. The maximum atomic E-state index is 12.1. The molecular weight excluding hydrogens is 270 g/mol. The highest BCUT2D eigenvalue weighted by Gasteiger charge is 2.28. The lowest BCUT2D eigenvalue weighted by atomic mass is 9.95. The van der Waals surface area contributed by atoms with Crippen LogP contribution in [0, 0.1) is 5.92 Å². The molecule has 0 bridgehead atoms. The third kappa shape index (κ3) is 5.88. The third-order valence-corrected chi connectivity index (χ3v) is 5.13. The maximum Gasteiger partial charge on any atom is 0.303 e. The molecule has 0 radical (unpaired) electrons. The second-order valence-electron chi connectivity index (χ2n) is 4.81. The summed E-state index contributed by atoms with van der Waals surface area (Å²) in [4.78, 5) is 10.5. The van der Waals surface area contributed by atoms with Crippen LogP contribution in [0.3, 0.4) is 0 Å².